The Hall–Kier alpha value is -1.57. The van der Waals surface area contributed by atoms with Crippen molar-refractivity contribution in [2.45, 2.75) is 58.7 Å². The minimum absolute atomic E-state index is 0.374. The van der Waals surface area contributed by atoms with Gasteiger partial charge in [-0.3, -0.25) is 0 Å². The van der Waals surface area contributed by atoms with Crippen molar-refractivity contribution >= 4 is 12.7 Å². The lowest BCUT2D eigenvalue weighted by Crippen LogP contribution is -2.41. The summed E-state index contributed by atoms with van der Waals surface area (Å²) in [7, 11) is -0.962. The molecule has 0 radical (unpaired) electrons. The fourth-order valence-electron chi connectivity index (χ4n) is 2.50. The van der Waals surface area contributed by atoms with Crippen molar-refractivity contribution in [1.82, 2.24) is 0 Å². The van der Waals surface area contributed by atoms with Crippen molar-refractivity contribution in [2.75, 3.05) is 0 Å². The van der Waals surface area contributed by atoms with E-state index in [1.165, 1.54) is 12.8 Å². The van der Waals surface area contributed by atoms with Gasteiger partial charge in [0.05, 0.1) is 11.2 Å². The largest absolute Gasteiger partial charge is 0.525 e. The molecule has 0 bridgehead atoms. The van der Waals surface area contributed by atoms with Gasteiger partial charge in [-0.25, -0.2) is 4.39 Å². The molecule has 2 nitrogen and oxygen atoms in total. The normalized spacial score (nSPS) is 22.7. The van der Waals surface area contributed by atoms with Crippen LogP contribution in [0, 0.1) is 17.8 Å². The summed E-state index contributed by atoms with van der Waals surface area (Å²) in [5.41, 5.74) is 0.787. The van der Waals surface area contributed by atoms with Crippen LogP contribution < -0.4 is 0 Å². The summed E-state index contributed by atoms with van der Waals surface area (Å²) < 4.78 is 26.5. The molecule has 126 valence electrons. The summed E-state index contributed by atoms with van der Waals surface area (Å²) in [6.07, 6.45) is 2.39. The number of hydrogen-bond donors (Lipinski definition) is 0. The number of rotatable bonds is 2. The molecule has 1 aromatic rings. The van der Waals surface area contributed by atoms with Crippen LogP contribution in [0.1, 0.15) is 58.6 Å². The quantitative estimate of drug-likeness (QED) is 0.575. The monoisotopic (exact) mass is 326 g/mol. The average molecular weight is 326 g/mol. The molecule has 0 amide bonds. The van der Waals surface area contributed by atoms with Crippen LogP contribution in [0.4, 0.5) is 4.39 Å². The maximum Gasteiger partial charge on any atom is 0.525 e. The Morgan fingerprint density at radius 3 is 2.38 bits per heavy atom. The lowest BCUT2D eigenvalue weighted by molar-refractivity contribution is 0.00578. The van der Waals surface area contributed by atoms with Crippen LogP contribution in [-0.4, -0.2) is 18.3 Å². The number of hydrogen-bond acceptors (Lipinski definition) is 2. The topological polar surface area (TPSA) is 18.5 Å². The molecule has 1 aliphatic heterocycles. The molecule has 2 fully saturated rings. The van der Waals surface area contributed by atoms with Crippen molar-refractivity contribution in [3.05, 3.63) is 41.1 Å². The first kappa shape index (κ1) is 17.3. The lowest BCUT2D eigenvalue weighted by Gasteiger charge is -2.32. The Balaban J connectivity index is 1.85. The molecule has 0 spiro atoms. The molecule has 1 saturated heterocycles. The Labute approximate surface area is 144 Å². The van der Waals surface area contributed by atoms with E-state index in [0.717, 1.165) is 11.1 Å². The van der Waals surface area contributed by atoms with Gasteiger partial charge in [-0.2, -0.15) is 0 Å². The summed E-state index contributed by atoms with van der Waals surface area (Å²) in [6.45, 7) is 9.44. The second-order valence-electron chi connectivity index (χ2n) is 7.69. The van der Waals surface area contributed by atoms with Crippen LogP contribution in [0.5, 0.6) is 0 Å². The number of benzene rings is 1. The molecule has 0 unspecified atom stereocenters. The predicted octanol–water partition coefficient (Wildman–Crippen LogP) is 4.78. The highest BCUT2D eigenvalue weighted by Crippen LogP contribution is 2.40. The van der Waals surface area contributed by atoms with Crippen LogP contribution in [0.25, 0.3) is 5.57 Å². The van der Waals surface area contributed by atoms with Crippen LogP contribution in [0.2, 0.25) is 0 Å². The van der Waals surface area contributed by atoms with E-state index in [9.17, 15) is 4.39 Å². The predicted molar refractivity (Wildman–Crippen MR) is 95.8 cm³/mol. The summed E-state index contributed by atoms with van der Waals surface area (Å²) in [6, 6.07) is 7.68. The van der Waals surface area contributed by atoms with Crippen molar-refractivity contribution in [2.24, 2.45) is 5.92 Å². The van der Waals surface area contributed by atoms with E-state index in [2.05, 4.69) is 11.8 Å². The molecule has 24 heavy (non-hydrogen) atoms. The number of halogens is 1. The highest BCUT2D eigenvalue weighted by atomic mass is 19.1. The Bertz CT molecular complexity index is 719. The molecule has 1 heterocycles. The van der Waals surface area contributed by atoms with Gasteiger partial charge in [0.25, 0.3) is 0 Å². The molecule has 0 atom stereocenters. The fraction of sp³-hybridized carbons (Fsp3) is 0.500. The zero-order chi connectivity index (χ0) is 17.5. The Morgan fingerprint density at radius 2 is 1.79 bits per heavy atom. The molecular weight excluding hydrogens is 302 g/mol. The molecule has 2 aliphatic rings. The van der Waals surface area contributed by atoms with Crippen LogP contribution in [0.3, 0.4) is 0 Å². The van der Waals surface area contributed by atoms with Crippen LogP contribution >= 0.6 is 0 Å². The third-order valence-corrected chi connectivity index (χ3v) is 5.11. The maximum absolute atomic E-state index is 14.9. The summed E-state index contributed by atoms with van der Waals surface area (Å²) >= 11 is 0. The van der Waals surface area contributed by atoms with E-state index in [0.29, 0.717) is 11.5 Å². The van der Waals surface area contributed by atoms with Gasteiger partial charge in [0.1, 0.15) is 5.73 Å². The minimum atomic E-state index is -0.962. The highest BCUT2D eigenvalue weighted by molar-refractivity contribution is 6.55. The lowest BCUT2D eigenvalue weighted by atomic mass is 9.83. The van der Waals surface area contributed by atoms with Gasteiger partial charge in [0.2, 0.25) is 0 Å². The summed E-state index contributed by atoms with van der Waals surface area (Å²) in [5.74, 6) is 6.96. The van der Waals surface area contributed by atoms with Gasteiger partial charge in [-0.1, -0.05) is 24.0 Å². The maximum atomic E-state index is 14.9. The minimum Gasteiger partial charge on any atom is -0.398 e. The van der Waals surface area contributed by atoms with Gasteiger partial charge in [-0.15, -0.1) is 0 Å². The Kier molecular flexibility index (Phi) is 4.36. The second-order valence-corrected chi connectivity index (χ2v) is 7.69. The summed E-state index contributed by atoms with van der Waals surface area (Å²) in [4.78, 5) is 0. The third kappa shape index (κ3) is 3.43. The van der Waals surface area contributed by atoms with Gasteiger partial charge in [0.15, 0.2) is 0 Å². The zero-order valence-corrected chi connectivity index (χ0v) is 15.1. The van der Waals surface area contributed by atoms with Gasteiger partial charge < -0.3 is 9.31 Å². The van der Waals surface area contributed by atoms with Crippen molar-refractivity contribution in [3.8, 4) is 11.8 Å². The first-order valence-electron chi connectivity index (χ1n) is 8.53. The molecule has 1 aromatic carbocycles. The van der Waals surface area contributed by atoms with E-state index in [1.807, 2.05) is 52.0 Å². The van der Waals surface area contributed by atoms with Gasteiger partial charge in [-0.05, 0) is 70.7 Å². The third-order valence-electron chi connectivity index (χ3n) is 5.11. The van der Waals surface area contributed by atoms with Gasteiger partial charge >= 0.3 is 7.12 Å². The van der Waals surface area contributed by atoms with E-state index in [-0.39, 0.29) is 5.73 Å². The van der Waals surface area contributed by atoms with E-state index >= 15 is 0 Å². The molecular formula is C20H24BFO2. The first-order chi connectivity index (χ1) is 11.2. The molecule has 3 rings (SSSR count). The van der Waals surface area contributed by atoms with E-state index in [1.54, 1.807) is 6.92 Å². The SMILES string of the molecule is CC(=C(F)B1OC(C)(C)C(C)(C)O1)c1cccc(C#CC2CC2)c1. The van der Waals surface area contributed by atoms with E-state index in [4.69, 9.17) is 9.31 Å². The first-order valence-corrected chi connectivity index (χ1v) is 8.53. The molecule has 4 heteroatoms. The van der Waals surface area contributed by atoms with Crippen LogP contribution in [-0.2, 0) is 9.31 Å². The molecule has 0 N–H and O–H groups in total. The Morgan fingerprint density at radius 1 is 1.17 bits per heavy atom. The smallest absolute Gasteiger partial charge is 0.398 e. The zero-order valence-electron chi connectivity index (χ0n) is 15.1. The van der Waals surface area contributed by atoms with Gasteiger partial charge in [0, 0.05) is 11.5 Å². The standard InChI is InChI=1S/C20H24BFO2/c1-14(18(22)21-23-19(2,3)20(4,5)24-21)17-8-6-7-16(13-17)12-11-15-9-10-15/h6-8,13,15H,9-10H2,1-5H3. The van der Waals surface area contributed by atoms with Crippen LogP contribution in [0.15, 0.2) is 30.0 Å². The average Bonchev–Trinajstić information content (AvgIpc) is 3.31. The van der Waals surface area contributed by atoms with Crippen molar-refractivity contribution < 1.29 is 13.7 Å². The second kappa shape index (κ2) is 6.06. The van der Waals surface area contributed by atoms with Crippen molar-refractivity contribution in [3.63, 3.8) is 0 Å². The van der Waals surface area contributed by atoms with E-state index < -0.39 is 18.3 Å². The fourth-order valence-corrected chi connectivity index (χ4v) is 2.50. The number of allylic oxidation sites excluding steroid dienone is 1. The molecule has 0 aromatic heterocycles. The summed E-state index contributed by atoms with van der Waals surface area (Å²) in [5, 5.41) is 0. The van der Waals surface area contributed by atoms with Crippen molar-refractivity contribution in [1.29, 1.82) is 0 Å². The highest BCUT2D eigenvalue weighted by Gasteiger charge is 2.53. The molecule has 1 aliphatic carbocycles. The molecule has 1 saturated carbocycles.